The number of carboxylic acids is 1. The van der Waals surface area contributed by atoms with E-state index in [1.165, 1.54) is 0 Å². The van der Waals surface area contributed by atoms with Crippen molar-refractivity contribution in [3.05, 3.63) is 89.4 Å². The molecular weight excluding hydrogens is 360 g/mol. The Bertz CT molecular complexity index is 1100. The van der Waals surface area contributed by atoms with E-state index in [1.54, 1.807) is 18.2 Å². The molecule has 0 spiro atoms. The topological polar surface area (TPSA) is 66.0 Å². The number of aromatic amines is 1. The maximum Gasteiger partial charge on any atom is 0.335 e. The summed E-state index contributed by atoms with van der Waals surface area (Å²) < 4.78 is 0. The molecule has 4 rings (SSSR count). The predicted molar refractivity (Wildman–Crippen MR) is 107 cm³/mol. The molecule has 0 bridgehead atoms. The summed E-state index contributed by atoms with van der Waals surface area (Å²) in [7, 11) is 0. The third-order valence-electron chi connectivity index (χ3n) is 4.27. The maximum absolute atomic E-state index is 11.4. The molecule has 27 heavy (non-hydrogen) atoms. The Morgan fingerprint density at radius 3 is 2.26 bits per heavy atom. The lowest BCUT2D eigenvalue weighted by atomic mass is 10.0. The molecule has 0 atom stereocenters. The molecule has 0 fully saturated rings. The van der Waals surface area contributed by atoms with Gasteiger partial charge < -0.3 is 10.1 Å². The van der Waals surface area contributed by atoms with E-state index in [4.69, 9.17) is 16.6 Å². The number of H-pyrrole nitrogens is 1. The summed E-state index contributed by atoms with van der Waals surface area (Å²) in [5.41, 5.74) is 4.34. The predicted octanol–water partition coefficient (Wildman–Crippen LogP) is 5.76. The number of aromatic carboxylic acids is 1. The Morgan fingerprint density at radius 2 is 1.56 bits per heavy atom. The van der Waals surface area contributed by atoms with Gasteiger partial charge in [-0.1, -0.05) is 66.2 Å². The number of nitrogens with zero attached hydrogens (tertiary/aromatic N) is 1. The van der Waals surface area contributed by atoms with Gasteiger partial charge in [0.05, 0.1) is 17.0 Å². The highest BCUT2D eigenvalue weighted by Gasteiger charge is 2.16. The quantitative estimate of drug-likeness (QED) is 0.477. The second-order valence-electron chi connectivity index (χ2n) is 6.07. The lowest BCUT2D eigenvalue weighted by Crippen LogP contribution is -1.96. The van der Waals surface area contributed by atoms with E-state index in [1.807, 2.05) is 60.7 Å². The van der Waals surface area contributed by atoms with Crippen LogP contribution in [0.1, 0.15) is 10.4 Å². The van der Waals surface area contributed by atoms with E-state index in [0.29, 0.717) is 10.7 Å². The van der Waals surface area contributed by atoms with Crippen molar-refractivity contribution in [1.29, 1.82) is 0 Å². The van der Waals surface area contributed by atoms with Crippen molar-refractivity contribution in [3.63, 3.8) is 0 Å². The fourth-order valence-corrected chi connectivity index (χ4v) is 3.07. The molecule has 0 aliphatic carbocycles. The zero-order valence-corrected chi connectivity index (χ0v) is 14.9. The molecule has 0 saturated carbocycles. The van der Waals surface area contributed by atoms with Crippen LogP contribution in [0, 0.1) is 0 Å². The average Bonchev–Trinajstić information content (AvgIpc) is 3.15. The van der Waals surface area contributed by atoms with Crippen molar-refractivity contribution in [2.75, 3.05) is 0 Å². The van der Waals surface area contributed by atoms with Crippen LogP contribution in [0.15, 0.2) is 78.9 Å². The molecule has 4 nitrogen and oxygen atoms in total. The maximum atomic E-state index is 11.4. The first-order chi connectivity index (χ1) is 13.1. The van der Waals surface area contributed by atoms with Crippen LogP contribution in [-0.2, 0) is 0 Å². The molecule has 0 amide bonds. The van der Waals surface area contributed by atoms with Crippen molar-refractivity contribution in [2.45, 2.75) is 0 Å². The summed E-state index contributed by atoms with van der Waals surface area (Å²) in [6, 6.07) is 24.0. The van der Waals surface area contributed by atoms with Crippen LogP contribution in [0.5, 0.6) is 0 Å². The molecular formula is C22H15ClN2O2. The van der Waals surface area contributed by atoms with Crippen LogP contribution in [-0.4, -0.2) is 21.0 Å². The number of hydrogen-bond donors (Lipinski definition) is 2. The van der Waals surface area contributed by atoms with Gasteiger partial charge in [0.25, 0.3) is 0 Å². The van der Waals surface area contributed by atoms with Gasteiger partial charge in [0, 0.05) is 21.7 Å². The number of rotatable bonds is 4. The third-order valence-corrected chi connectivity index (χ3v) is 4.52. The zero-order valence-electron chi connectivity index (χ0n) is 14.2. The second-order valence-corrected chi connectivity index (χ2v) is 6.50. The smallest absolute Gasteiger partial charge is 0.335 e. The molecule has 0 radical (unpaired) electrons. The standard InChI is InChI=1S/C22H15ClN2O2/c23-18-11-9-14(10-12-18)19-20(16-7-4-8-17(13-16)22(26)27)25-21(24-19)15-5-2-1-3-6-15/h1-13H,(H,24,25)(H,26,27). The first-order valence-corrected chi connectivity index (χ1v) is 8.75. The summed E-state index contributed by atoms with van der Waals surface area (Å²) in [5, 5.41) is 9.96. The fraction of sp³-hybridized carbons (Fsp3) is 0. The van der Waals surface area contributed by atoms with Crippen molar-refractivity contribution in [2.24, 2.45) is 0 Å². The fourth-order valence-electron chi connectivity index (χ4n) is 2.94. The monoisotopic (exact) mass is 374 g/mol. The average molecular weight is 375 g/mol. The molecule has 1 aromatic heterocycles. The van der Waals surface area contributed by atoms with Crippen LogP contribution >= 0.6 is 11.6 Å². The highest BCUT2D eigenvalue weighted by atomic mass is 35.5. The van der Waals surface area contributed by atoms with E-state index in [0.717, 1.165) is 28.2 Å². The van der Waals surface area contributed by atoms with Gasteiger partial charge in [-0.15, -0.1) is 0 Å². The van der Waals surface area contributed by atoms with Gasteiger partial charge >= 0.3 is 5.97 Å². The Balaban J connectivity index is 1.91. The Kier molecular flexibility index (Phi) is 4.48. The largest absolute Gasteiger partial charge is 0.478 e. The summed E-state index contributed by atoms with van der Waals surface area (Å²) in [4.78, 5) is 19.5. The summed E-state index contributed by atoms with van der Waals surface area (Å²) in [6.07, 6.45) is 0. The molecule has 1 heterocycles. The van der Waals surface area contributed by atoms with E-state index in [9.17, 15) is 9.90 Å². The Morgan fingerprint density at radius 1 is 0.852 bits per heavy atom. The van der Waals surface area contributed by atoms with Crippen LogP contribution in [0.3, 0.4) is 0 Å². The summed E-state index contributed by atoms with van der Waals surface area (Å²) in [6.45, 7) is 0. The van der Waals surface area contributed by atoms with Crippen LogP contribution < -0.4 is 0 Å². The normalized spacial score (nSPS) is 10.7. The molecule has 0 aliphatic heterocycles. The number of nitrogens with one attached hydrogen (secondary N) is 1. The minimum atomic E-state index is -0.969. The SMILES string of the molecule is O=C(O)c1cccc(-c2nc(-c3ccccc3)[nH]c2-c2ccc(Cl)cc2)c1. The minimum Gasteiger partial charge on any atom is -0.478 e. The number of benzene rings is 3. The van der Waals surface area contributed by atoms with Gasteiger partial charge in [0.2, 0.25) is 0 Å². The van der Waals surface area contributed by atoms with Crippen LogP contribution in [0.25, 0.3) is 33.9 Å². The number of aromatic nitrogens is 2. The van der Waals surface area contributed by atoms with Gasteiger partial charge in [-0.2, -0.15) is 0 Å². The number of carboxylic acid groups (broad SMARTS) is 1. The molecule has 5 heteroatoms. The van der Waals surface area contributed by atoms with Crippen molar-refractivity contribution < 1.29 is 9.90 Å². The van der Waals surface area contributed by atoms with Gasteiger partial charge in [-0.05, 0) is 24.3 Å². The molecule has 0 unspecified atom stereocenters. The molecule has 132 valence electrons. The van der Waals surface area contributed by atoms with Gasteiger partial charge in [-0.25, -0.2) is 9.78 Å². The molecule has 2 N–H and O–H groups in total. The number of imidazole rings is 1. The number of halogens is 1. The molecule has 3 aromatic carbocycles. The van der Waals surface area contributed by atoms with E-state index in [-0.39, 0.29) is 5.56 Å². The summed E-state index contributed by atoms with van der Waals surface area (Å²) in [5.74, 6) is -0.250. The first kappa shape index (κ1) is 17.1. The Hall–Kier alpha value is -3.37. The zero-order chi connectivity index (χ0) is 18.8. The van der Waals surface area contributed by atoms with Gasteiger partial charge in [-0.3, -0.25) is 0 Å². The molecule has 0 aliphatic rings. The van der Waals surface area contributed by atoms with Crippen LogP contribution in [0.2, 0.25) is 5.02 Å². The van der Waals surface area contributed by atoms with Crippen LogP contribution in [0.4, 0.5) is 0 Å². The lowest BCUT2D eigenvalue weighted by molar-refractivity contribution is 0.0697. The first-order valence-electron chi connectivity index (χ1n) is 8.37. The third kappa shape index (κ3) is 3.48. The Labute approximate surface area is 161 Å². The van der Waals surface area contributed by atoms with E-state index < -0.39 is 5.97 Å². The summed E-state index contributed by atoms with van der Waals surface area (Å²) >= 11 is 6.02. The van der Waals surface area contributed by atoms with Crippen molar-refractivity contribution in [3.8, 4) is 33.9 Å². The molecule has 0 saturated heterocycles. The number of hydrogen-bond acceptors (Lipinski definition) is 2. The van der Waals surface area contributed by atoms with E-state index in [2.05, 4.69) is 4.98 Å². The minimum absolute atomic E-state index is 0.221. The van der Waals surface area contributed by atoms with Crippen molar-refractivity contribution in [1.82, 2.24) is 9.97 Å². The van der Waals surface area contributed by atoms with Gasteiger partial charge in [0.15, 0.2) is 0 Å². The highest BCUT2D eigenvalue weighted by molar-refractivity contribution is 6.30. The number of carbonyl (C=O) groups is 1. The van der Waals surface area contributed by atoms with E-state index >= 15 is 0 Å². The highest BCUT2D eigenvalue weighted by Crippen LogP contribution is 2.33. The van der Waals surface area contributed by atoms with Crippen molar-refractivity contribution >= 4 is 17.6 Å². The second kappa shape index (κ2) is 7.09. The molecule has 4 aromatic rings. The lowest BCUT2D eigenvalue weighted by Gasteiger charge is -2.04. The van der Waals surface area contributed by atoms with Gasteiger partial charge in [0.1, 0.15) is 5.82 Å².